The number of sulfonamides is 1. The molecule has 24 heteroatoms. The SMILES string of the molecule is CCCN(CCCNC(=O)OC(C)(C)C)C(=O)C1=Cc2ccc(-c3cccc(S(=O)(=O)N4CC(CN(C)CCOCCOCCOCCOCCOCCOCCOCCOCCOCCOCCC(=O)O)C4)c3)cc2N=C(N)C1. The first-order valence-electron chi connectivity index (χ1n) is 27.8. The summed E-state index contributed by atoms with van der Waals surface area (Å²) in [6, 6.07) is 12.6. The molecule has 2 aromatic carbocycles. The largest absolute Gasteiger partial charge is 0.481 e. The third kappa shape index (κ3) is 28.3. The molecule has 0 saturated carbocycles. The van der Waals surface area contributed by atoms with Gasteiger partial charge in [-0.1, -0.05) is 31.2 Å². The summed E-state index contributed by atoms with van der Waals surface area (Å²) < 4.78 is 89.2. The van der Waals surface area contributed by atoms with E-state index in [1.165, 1.54) is 4.31 Å². The quantitative estimate of drug-likeness (QED) is 0.0772. The number of carbonyl (C=O) groups is 3. The molecule has 0 radical (unpaired) electrons. The molecule has 4 rings (SSSR count). The topological polar surface area (TPSA) is 267 Å². The van der Waals surface area contributed by atoms with E-state index in [0.29, 0.717) is 194 Å². The summed E-state index contributed by atoms with van der Waals surface area (Å²) >= 11 is 0. The average molecular weight is 1150 g/mol. The number of nitrogens with one attached hydrogen (secondary N) is 1. The Bertz CT molecular complexity index is 2280. The van der Waals surface area contributed by atoms with Gasteiger partial charge in [-0.15, -0.1) is 0 Å². The fraction of sp³-hybridized carbons (Fsp3) is 0.679. The molecule has 0 aromatic heterocycles. The summed E-state index contributed by atoms with van der Waals surface area (Å²) in [4.78, 5) is 45.1. The van der Waals surface area contributed by atoms with E-state index in [-0.39, 0.29) is 36.2 Å². The highest BCUT2D eigenvalue weighted by molar-refractivity contribution is 7.89. The number of aliphatic imine (C=N–C) groups is 1. The van der Waals surface area contributed by atoms with Crippen molar-refractivity contribution in [1.82, 2.24) is 19.4 Å². The van der Waals surface area contributed by atoms with Crippen LogP contribution in [0.1, 0.15) is 58.9 Å². The maximum atomic E-state index is 13.8. The lowest BCUT2D eigenvalue weighted by Crippen LogP contribution is -2.53. The van der Waals surface area contributed by atoms with E-state index in [1.807, 2.05) is 44.3 Å². The minimum atomic E-state index is -3.72. The number of carboxylic acid groups (broad SMARTS) is 1. The highest BCUT2D eigenvalue weighted by atomic mass is 32.2. The first-order valence-corrected chi connectivity index (χ1v) is 29.2. The zero-order chi connectivity index (χ0) is 57.9. The van der Waals surface area contributed by atoms with Gasteiger partial charge in [-0.05, 0) is 82.0 Å². The van der Waals surface area contributed by atoms with Crippen molar-refractivity contribution in [2.45, 2.75) is 63.9 Å². The van der Waals surface area contributed by atoms with Gasteiger partial charge < -0.3 is 78.1 Å². The van der Waals surface area contributed by atoms with E-state index < -0.39 is 27.7 Å². The van der Waals surface area contributed by atoms with E-state index in [2.05, 4.69) is 15.2 Å². The molecule has 0 aliphatic carbocycles. The van der Waals surface area contributed by atoms with Crippen LogP contribution < -0.4 is 11.1 Å². The molecule has 1 saturated heterocycles. The molecule has 2 amide bonds. The number of carboxylic acids is 1. The highest BCUT2D eigenvalue weighted by Gasteiger charge is 2.37. The monoisotopic (exact) mass is 1150 g/mol. The minimum Gasteiger partial charge on any atom is -0.481 e. The Morgan fingerprint density at radius 2 is 1.20 bits per heavy atom. The summed E-state index contributed by atoms with van der Waals surface area (Å²) in [5.41, 5.74) is 9.11. The Morgan fingerprint density at radius 3 is 1.70 bits per heavy atom. The zero-order valence-corrected chi connectivity index (χ0v) is 48.7. The molecular weight excluding hydrogens is 1060 g/mol. The smallest absolute Gasteiger partial charge is 0.407 e. The molecule has 2 aliphatic rings. The highest BCUT2D eigenvalue weighted by Crippen LogP contribution is 2.34. The Kier molecular flexibility index (Phi) is 33.0. The van der Waals surface area contributed by atoms with Crippen molar-refractivity contribution in [3.8, 4) is 11.1 Å². The number of amides is 2. The fourth-order valence-electron chi connectivity index (χ4n) is 8.08. The number of rotatable bonds is 45. The van der Waals surface area contributed by atoms with Gasteiger partial charge in [0, 0.05) is 63.4 Å². The summed E-state index contributed by atoms with van der Waals surface area (Å²) in [5, 5.41) is 11.3. The van der Waals surface area contributed by atoms with E-state index in [9.17, 15) is 22.8 Å². The maximum absolute atomic E-state index is 13.8. The van der Waals surface area contributed by atoms with Gasteiger partial charge in [0.1, 0.15) is 11.4 Å². The van der Waals surface area contributed by atoms with E-state index in [4.69, 9.17) is 62.9 Å². The second-order valence-corrected chi connectivity index (χ2v) is 22.0. The number of aliphatic carboxylic acids is 1. The fourth-order valence-corrected chi connectivity index (χ4v) is 9.72. The van der Waals surface area contributed by atoms with E-state index in [1.54, 1.807) is 43.9 Å². The van der Waals surface area contributed by atoms with Crippen molar-refractivity contribution in [2.75, 3.05) is 185 Å². The number of alkyl carbamates (subject to hydrolysis) is 1. The van der Waals surface area contributed by atoms with Crippen molar-refractivity contribution in [2.24, 2.45) is 16.6 Å². The Balaban J connectivity index is 0.985. The number of nitrogens with zero attached hydrogens (tertiary/aromatic N) is 4. The van der Waals surface area contributed by atoms with Gasteiger partial charge in [0.2, 0.25) is 15.9 Å². The molecule has 23 nitrogen and oxygen atoms in total. The molecule has 2 aromatic rings. The number of fused-ring (bicyclic) bond motifs is 1. The van der Waals surface area contributed by atoms with Gasteiger partial charge >= 0.3 is 12.1 Å². The molecule has 80 heavy (non-hydrogen) atoms. The number of likely N-dealkylation sites (N-methyl/N-ethyl adjacent to an activating group) is 1. The van der Waals surface area contributed by atoms with Crippen LogP contribution in [-0.4, -0.2) is 242 Å². The lowest BCUT2D eigenvalue weighted by atomic mass is 10.0. The number of nitrogens with two attached hydrogens (primary N) is 1. The van der Waals surface area contributed by atoms with Gasteiger partial charge in [0.15, 0.2) is 0 Å². The first kappa shape index (κ1) is 67.8. The van der Waals surface area contributed by atoms with Gasteiger partial charge in [-0.3, -0.25) is 9.59 Å². The Hall–Kier alpha value is -4.67. The third-order valence-electron chi connectivity index (χ3n) is 12.0. The molecular formula is C56H90N6O17S. The molecule has 0 bridgehead atoms. The predicted octanol–water partition coefficient (Wildman–Crippen LogP) is 4.48. The summed E-state index contributed by atoms with van der Waals surface area (Å²) in [5.74, 6) is -0.526. The minimum absolute atomic E-state index is 0.0159. The lowest BCUT2D eigenvalue weighted by Gasteiger charge is -2.40. The van der Waals surface area contributed by atoms with Crippen LogP contribution in [0.4, 0.5) is 10.5 Å². The Labute approximate surface area is 473 Å². The summed E-state index contributed by atoms with van der Waals surface area (Å²) in [6.45, 7) is 19.8. The second kappa shape index (κ2) is 38.9. The summed E-state index contributed by atoms with van der Waals surface area (Å²) in [7, 11) is -1.72. The van der Waals surface area contributed by atoms with Crippen molar-refractivity contribution >= 4 is 45.6 Å². The molecule has 452 valence electrons. The standard InChI is InChI=1S/C56H90N6O17S/c1-6-15-61(16-8-14-58-55(66)79-56(2,3)4)54(65)49-38-48-12-11-47(40-51(48)59-52(57)41-49)46-9-7-10-50(39-46)80(67,68)62-43-45(44-62)42-60(5)17-19-70-21-23-72-25-27-74-29-31-76-33-35-78-37-36-77-34-32-75-30-28-73-26-24-71-22-20-69-18-13-53(63)64/h7,9-12,38-40,45H,6,8,13-37,41-44H2,1-5H3,(H2,57,59)(H,58,66)(H,63,64). The van der Waals surface area contributed by atoms with E-state index in [0.717, 1.165) is 24.1 Å². The lowest BCUT2D eigenvalue weighted by molar-refractivity contribution is -0.138. The second-order valence-electron chi connectivity index (χ2n) is 20.0. The number of hydrogen-bond donors (Lipinski definition) is 3. The molecule has 0 spiro atoms. The van der Waals surface area contributed by atoms with Crippen molar-refractivity contribution in [1.29, 1.82) is 0 Å². The average Bonchev–Trinajstić information content (AvgIpc) is 3.65. The van der Waals surface area contributed by atoms with Crippen LogP contribution in [0.2, 0.25) is 0 Å². The van der Waals surface area contributed by atoms with Gasteiger partial charge in [0.05, 0.1) is 149 Å². The predicted molar refractivity (Wildman–Crippen MR) is 302 cm³/mol. The summed E-state index contributed by atoms with van der Waals surface area (Å²) in [6.07, 6.45) is 2.81. The van der Waals surface area contributed by atoms with Crippen molar-refractivity contribution in [3.63, 3.8) is 0 Å². The number of ether oxygens (including phenoxy) is 11. The zero-order valence-electron chi connectivity index (χ0n) is 47.9. The van der Waals surface area contributed by atoms with Gasteiger partial charge in [0.25, 0.3) is 0 Å². The van der Waals surface area contributed by atoms with E-state index >= 15 is 0 Å². The van der Waals surface area contributed by atoms with Crippen LogP contribution in [0.5, 0.6) is 0 Å². The van der Waals surface area contributed by atoms with Gasteiger partial charge in [-0.25, -0.2) is 18.2 Å². The van der Waals surface area contributed by atoms with Crippen LogP contribution in [-0.2, 0) is 71.7 Å². The molecule has 2 aliphatic heterocycles. The van der Waals surface area contributed by atoms with Crippen molar-refractivity contribution < 1.29 is 80.0 Å². The molecule has 0 unspecified atom stereocenters. The Morgan fingerprint density at radius 1 is 0.700 bits per heavy atom. The van der Waals surface area contributed by atoms with Crippen molar-refractivity contribution in [3.05, 3.63) is 53.6 Å². The number of amidine groups is 1. The van der Waals surface area contributed by atoms with Crippen LogP contribution in [0, 0.1) is 5.92 Å². The van der Waals surface area contributed by atoms with Crippen LogP contribution in [0.15, 0.2) is 57.9 Å². The number of benzene rings is 2. The van der Waals surface area contributed by atoms with Gasteiger partial charge in [-0.2, -0.15) is 4.31 Å². The normalized spacial score (nSPS) is 14.1. The molecule has 1 fully saturated rings. The first-order chi connectivity index (χ1) is 38.5. The number of hydrogen-bond acceptors (Lipinski definition) is 19. The van der Waals surface area contributed by atoms with Crippen LogP contribution >= 0.6 is 0 Å². The molecule has 2 heterocycles. The third-order valence-corrected chi connectivity index (χ3v) is 13.9. The van der Waals surface area contributed by atoms with Crippen LogP contribution in [0.25, 0.3) is 17.2 Å². The maximum Gasteiger partial charge on any atom is 0.407 e. The molecule has 4 N–H and O–H groups in total. The van der Waals surface area contributed by atoms with Crippen LogP contribution in [0.3, 0.4) is 0 Å². The molecule has 0 atom stereocenters. The number of carbonyl (C=O) groups excluding carboxylic acids is 2.